The van der Waals surface area contributed by atoms with E-state index in [4.69, 9.17) is 4.74 Å². The molecule has 8 nitrogen and oxygen atoms in total. The number of pyridine rings is 1. The summed E-state index contributed by atoms with van der Waals surface area (Å²) in [7, 11) is 2.91. The Balaban J connectivity index is 1.72. The van der Waals surface area contributed by atoms with Crippen molar-refractivity contribution in [2.75, 3.05) is 13.2 Å². The molecule has 0 aliphatic rings. The van der Waals surface area contributed by atoms with Gasteiger partial charge < -0.3 is 10.1 Å². The number of benzene rings is 1. The van der Waals surface area contributed by atoms with Crippen molar-refractivity contribution >= 4 is 16.9 Å². The van der Waals surface area contributed by atoms with Crippen LogP contribution in [0.1, 0.15) is 21.6 Å². The number of nitrogens with one attached hydrogen (secondary N) is 1. The van der Waals surface area contributed by atoms with Crippen LogP contribution in [0, 0.1) is 13.8 Å². The molecular formula is C20H22N4O4. The largest absolute Gasteiger partial charge is 0.491 e. The number of carbonyl (C=O) groups is 1. The number of fused-ring (bicyclic) bond motifs is 1. The zero-order valence-electron chi connectivity index (χ0n) is 16.3. The number of hydrogen-bond acceptors (Lipinski definition) is 5. The number of ether oxygens (including phenoxy) is 1. The lowest BCUT2D eigenvalue weighted by Crippen LogP contribution is -2.37. The Bertz CT molecular complexity index is 1160. The van der Waals surface area contributed by atoms with Gasteiger partial charge in [-0.15, -0.1) is 0 Å². The minimum atomic E-state index is -0.496. The van der Waals surface area contributed by atoms with Crippen LogP contribution in [0.2, 0.25) is 0 Å². The SMILES string of the molecule is Cc1cccc(C)c1OCCNC(=O)c1ccc2c(=O)n(C)c(=O)n(C)c2n1. The first-order chi connectivity index (χ1) is 13.3. The Morgan fingerprint density at radius 3 is 2.43 bits per heavy atom. The fourth-order valence-corrected chi connectivity index (χ4v) is 3.02. The van der Waals surface area contributed by atoms with E-state index in [1.165, 1.54) is 30.8 Å². The van der Waals surface area contributed by atoms with Gasteiger partial charge in [-0.25, -0.2) is 9.78 Å². The molecule has 0 bridgehead atoms. The smallest absolute Gasteiger partial charge is 0.332 e. The molecule has 1 aromatic carbocycles. The summed E-state index contributed by atoms with van der Waals surface area (Å²) >= 11 is 0. The maximum Gasteiger partial charge on any atom is 0.332 e. The third-order valence-corrected chi connectivity index (χ3v) is 4.58. The molecule has 1 amide bonds. The first-order valence-electron chi connectivity index (χ1n) is 8.85. The van der Waals surface area contributed by atoms with Crippen LogP contribution in [0.25, 0.3) is 11.0 Å². The van der Waals surface area contributed by atoms with E-state index in [0.717, 1.165) is 21.4 Å². The second-order valence-corrected chi connectivity index (χ2v) is 6.60. The molecule has 8 heteroatoms. The Morgan fingerprint density at radius 1 is 1.07 bits per heavy atom. The lowest BCUT2D eigenvalue weighted by molar-refractivity contribution is 0.0942. The van der Waals surface area contributed by atoms with Gasteiger partial charge in [0.1, 0.15) is 23.7 Å². The maximum absolute atomic E-state index is 12.4. The van der Waals surface area contributed by atoms with E-state index in [1.807, 2.05) is 32.0 Å². The monoisotopic (exact) mass is 382 g/mol. The van der Waals surface area contributed by atoms with Crippen LogP contribution >= 0.6 is 0 Å². The third kappa shape index (κ3) is 3.53. The molecule has 0 spiro atoms. The third-order valence-electron chi connectivity index (χ3n) is 4.58. The molecule has 0 unspecified atom stereocenters. The Kier molecular flexibility index (Phi) is 5.30. The summed E-state index contributed by atoms with van der Waals surface area (Å²) < 4.78 is 8.02. The average Bonchev–Trinajstić information content (AvgIpc) is 2.69. The fraction of sp³-hybridized carbons (Fsp3) is 0.300. The predicted octanol–water partition coefficient (Wildman–Crippen LogP) is 1.06. The van der Waals surface area contributed by atoms with Crippen molar-refractivity contribution < 1.29 is 9.53 Å². The molecule has 3 rings (SSSR count). The number of nitrogens with zero attached hydrogens (tertiary/aromatic N) is 3. The fourth-order valence-electron chi connectivity index (χ4n) is 3.02. The first-order valence-corrected chi connectivity index (χ1v) is 8.85. The van der Waals surface area contributed by atoms with Gasteiger partial charge >= 0.3 is 5.69 Å². The number of para-hydroxylation sites is 1. The highest BCUT2D eigenvalue weighted by Crippen LogP contribution is 2.21. The van der Waals surface area contributed by atoms with E-state index in [2.05, 4.69) is 10.3 Å². The van der Waals surface area contributed by atoms with Gasteiger partial charge in [-0.1, -0.05) is 18.2 Å². The van der Waals surface area contributed by atoms with Gasteiger partial charge in [0.25, 0.3) is 11.5 Å². The minimum Gasteiger partial charge on any atom is -0.491 e. The molecule has 3 aromatic rings. The summed E-state index contributed by atoms with van der Waals surface area (Å²) in [6.45, 7) is 4.54. The lowest BCUT2D eigenvalue weighted by atomic mass is 10.1. The van der Waals surface area contributed by atoms with Crippen molar-refractivity contribution in [3.8, 4) is 5.75 Å². The Morgan fingerprint density at radius 2 is 1.75 bits per heavy atom. The van der Waals surface area contributed by atoms with Gasteiger partial charge in [0.2, 0.25) is 0 Å². The van der Waals surface area contributed by atoms with Crippen molar-refractivity contribution in [2.24, 2.45) is 14.1 Å². The topological polar surface area (TPSA) is 95.2 Å². The van der Waals surface area contributed by atoms with Gasteiger partial charge in [0, 0.05) is 14.1 Å². The number of carbonyl (C=O) groups excluding carboxylic acids is 1. The summed E-state index contributed by atoms with van der Waals surface area (Å²) in [6, 6.07) is 8.87. The van der Waals surface area contributed by atoms with Crippen molar-refractivity contribution in [2.45, 2.75) is 13.8 Å². The average molecular weight is 382 g/mol. The number of hydrogen-bond donors (Lipinski definition) is 1. The molecule has 0 aliphatic heterocycles. The zero-order valence-corrected chi connectivity index (χ0v) is 16.3. The van der Waals surface area contributed by atoms with Crippen molar-refractivity contribution in [3.63, 3.8) is 0 Å². The minimum absolute atomic E-state index is 0.128. The summed E-state index contributed by atoms with van der Waals surface area (Å²) in [4.78, 5) is 40.8. The van der Waals surface area contributed by atoms with Crippen LogP contribution in [0.3, 0.4) is 0 Å². The molecule has 2 aromatic heterocycles. The molecule has 28 heavy (non-hydrogen) atoms. The molecule has 146 valence electrons. The van der Waals surface area contributed by atoms with E-state index in [-0.39, 0.29) is 16.7 Å². The molecular weight excluding hydrogens is 360 g/mol. The van der Waals surface area contributed by atoms with Gasteiger partial charge in [0.15, 0.2) is 0 Å². The summed E-state index contributed by atoms with van der Waals surface area (Å²) in [6.07, 6.45) is 0. The van der Waals surface area contributed by atoms with Crippen LogP contribution in [0.4, 0.5) is 0 Å². The molecule has 0 saturated heterocycles. The second kappa shape index (κ2) is 7.67. The van der Waals surface area contributed by atoms with Crippen molar-refractivity contribution in [1.82, 2.24) is 19.4 Å². The highest BCUT2D eigenvalue weighted by atomic mass is 16.5. The van der Waals surface area contributed by atoms with Gasteiger partial charge in [-0.2, -0.15) is 0 Å². The van der Waals surface area contributed by atoms with E-state index in [9.17, 15) is 14.4 Å². The van der Waals surface area contributed by atoms with Gasteiger partial charge in [0.05, 0.1) is 11.9 Å². The van der Waals surface area contributed by atoms with Crippen LogP contribution in [-0.2, 0) is 14.1 Å². The van der Waals surface area contributed by atoms with Crippen molar-refractivity contribution in [3.05, 3.63) is 68.0 Å². The molecule has 0 aliphatic carbocycles. The molecule has 1 N–H and O–H groups in total. The molecule has 0 atom stereocenters. The van der Waals surface area contributed by atoms with Crippen LogP contribution in [-0.4, -0.2) is 33.2 Å². The standard InChI is InChI=1S/C20H22N4O4/c1-12-6-5-7-13(2)16(12)28-11-10-21-18(25)15-9-8-14-17(22-15)23(3)20(27)24(4)19(14)26/h5-9H,10-11H2,1-4H3,(H,21,25). The Hall–Kier alpha value is -3.42. The Labute approximate surface area is 161 Å². The summed E-state index contributed by atoms with van der Waals surface area (Å²) in [5.41, 5.74) is 1.43. The van der Waals surface area contributed by atoms with Crippen molar-refractivity contribution in [1.29, 1.82) is 0 Å². The first kappa shape index (κ1) is 19.3. The van der Waals surface area contributed by atoms with E-state index >= 15 is 0 Å². The predicted molar refractivity (Wildman–Crippen MR) is 106 cm³/mol. The van der Waals surface area contributed by atoms with E-state index in [1.54, 1.807) is 0 Å². The summed E-state index contributed by atoms with van der Waals surface area (Å²) in [5, 5.41) is 3.01. The summed E-state index contributed by atoms with van der Waals surface area (Å²) in [5.74, 6) is 0.409. The number of aromatic nitrogens is 3. The lowest BCUT2D eigenvalue weighted by Gasteiger charge is -2.12. The van der Waals surface area contributed by atoms with Gasteiger partial charge in [-0.05, 0) is 37.1 Å². The highest BCUT2D eigenvalue weighted by Gasteiger charge is 2.13. The van der Waals surface area contributed by atoms with Crippen LogP contribution < -0.4 is 21.3 Å². The maximum atomic E-state index is 12.4. The number of amides is 1. The second-order valence-electron chi connectivity index (χ2n) is 6.60. The van der Waals surface area contributed by atoms with Crippen LogP contribution in [0.15, 0.2) is 39.9 Å². The normalized spacial score (nSPS) is 10.9. The van der Waals surface area contributed by atoms with Gasteiger partial charge in [-0.3, -0.25) is 18.7 Å². The zero-order chi connectivity index (χ0) is 20.4. The quantitative estimate of drug-likeness (QED) is 0.666. The van der Waals surface area contributed by atoms with Crippen LogP contribution in [0.5, 0.6) is 5.75 Å². The highest BCUT2D eigenvalue weighted by molar-refractivity contribution is 5.94. The van der Waals surface area contributed by atoms with E-state index in [0.29, 0.717) is 13.2 Å². The van der Waals surface area contributed by atoms with E-state index < -0.39 is 17.2 Å². The molecule has 2 heterocycles. The molecule has 0 fully saturated rings. The number of rotatable bonds is 5. The molecule has 0 radical (unpaired) electrons. The molecule has 0 saturated carbocycles. The number of aryl methyl sites for hydroxylation is 3.